The number of hydrogen-bond acceptors (Lipinski definition) is 5. The lowest BCUT2D eigenvalue weighted by Crippen LogP contribution is -2.46. The maximum atomic E-state index is 13.6. The molecule has 2 aromatic rings. The van der Waals surface area contributed by atoms with Crippen LogP contribution in [0.5, 0.6) is 0 Å². The number of benzene rings is 2. The molecule has 202 valence electrons. The van der Waals surface area contributed by atoms with Gasteiger partial charge in [0.05, 0.1) is 44.8 Å². The zero-order valence-corrected chi connectivity index (χ0v) is 22.8. The zero-order chi connectivity index (χ0) is 28.2. The fourth-order valence-electron chi connectivity index (χ4n) is 5.02. The molecule has 0 bridgehead atoms. The minimum atomic E-state index is -0.826. The molecule has 3 amide bonds. The Morgan fingerprint density at radius 3 is 2.59 bits per heavy atom. The Kier molecular flexibility index (Phi) is 8.76. The maximum Gasteiger partial charge on any atom is 0.321 e. The average Bonchev–Trinajstić information content (AvgIpc) is 2.94. The van der Waals surface area contributed by atoms with E-state index in [2.05, 4.69) is 21.6 Å². The van der Waals surface area contributed by atoms with E-state index in [0.717, 1.165) is 0 Å². The first-order chi connectivity index (χ1) is 18.7. The van der Waals surface area contributed by atoms with Crippen molar-refractivity contribution in [2.75, 3.05) is 33.2 Å². The molecule has 4 rings (SSSR count). The van der Waals surface area contributed by atoms with E-state index in [1.165, 1.54) is 23.2 Å². The van der Waals surface area contributed by atoms with Crippen LogP contribution >= 0.6 is 23.2 Å². The van der Waals surface area contributed by atoms with Crippen LogP contribution in [0.4, 0.5) is 9.18 Å². The summed E-state index contributed by atoms with van der Waals surface area (Å²) in [6.07, 6.45) is 3.25. The summed E-state index contributed by atoms with van der Waals surface area (Å²) in [6.45, 7) is 2.41. The van der Waals surface area contributed by atoms with Gasteiger partial charge in [-0.3, -0.25) is 4.79 Å². The summed E-state index contributed by atoms with van der Waals surface area (Å²) in [5, 5.41) is 25.9. The van der Waals surface area contributed by atoms with Gasteiger partial charge >= 0.3 is 6.03 Å². The lowest BCUT2D eigenvalue weighted by molar-refractivity contribution is -0.118. The number of carbonyl (C=O) groups is 2. The molecule has 0 aliphatic carbocycles. The Balaban J connectivity index is 1.32. The summed E-state index contributed by atoms with van der Waals surface area (Å²) >= 11 is 12.2. The van der Waals surface area contributed by atoms with E-state index in [4.69, 9.17) is 23.2 Å². The first-order valence-electron chi connectivity index (χ1n) is 12.5. The van der Waals surface area contributed by atoms with Crippen molar-refractivity contribution < 1.29 is 14.0 Å². The van der Waals surface area contributed by atoms with E-state index in [9.17, 15) is 24.5 Å². The third-order valence-electron chi connectivity index (χ3n) is 7.25. The highest BCUT2D eigenvalue weighted by atomic mass is 35.5. The number of nitrogens with zero attached hydrogens (tertiary/aromatic N) is 4. The molecule has 2 aromatic carbocycles. The number of nitriles is 2. The molecule has 0 spiro atoms. The van der Waals surface area contributed by atoms with Gasteiger partial charge in [0.2, 0.25) is 0 Å². The summed E-state index contributed by atoms with van der Waals surface area (Å²) in [7, 11) is 1.57. The monoisotopic (exact) mass is 568 g/mol. The van der Waals surface area contributed by atoms with Crippen molar-refractivity contribution in [2.45, 2.75) is 30.7 Å². The summed E-state index contributed by atoms with van der Waals surface area (Å²) in [5.41, 5.74) is 0.968. The predicted molar refractivity (Wildman–Crippen MR) is 145 cm³/mol. The molecule has 2 heterocycles. The van der Waals surface area contributed by atoms with E-state index in [-0.39, 0.29) is 17.5 Å². The minimum absolute atomic E-state index is 0.200. The molecule has 39 heavy (non-hydrogen) atoms. The van der Waals surface area contributed by atoms with Crippen molar-refractivity contribution >= 4 is 35.1 Å². The molecular formula is C28H27Cl2FN6O2. The van der Waals surface area contributed by atoms with Gasteiger partial charge in [0, 0.05) is 19.8 Å². The van der Waals surface area contributed by atoms with Gasteiger partial charge in [-0.05, 0) is 74.3 Å². The van der Waals surface area contributed by atoms with Crippen molar-refractivity contribution in [1.82, 2.24) is 20.4 Å². The number of halogens is 3. The number of urea groups is 1. The highest BCUT2D eigenvalue weighted by molar-refractivity contribution is 6.42. The maximum absolute atomic E-state index is 13.6. The van der Waals surface area contributed by atoms with Crippen LogP contribution in [-0.2, 0) is 10.2 Å². The Labute approximate surface area is 236 Å². The lowest BCUT2D eigenvalue weighted by atomic mass is 9.72. The predicted octanol–water partition coefficient (Wildman–Crippen LogP) is 4.65. The van der Waals surface area contributed by atoms with Crippen molar-refractivity contribution in [3.05, 3.63) is 80.7 Å². The Hall–Kier alpha value is -3.63. The second-order valence-electron chi connectivity index (χ2n) is 9.70. The molecule has 1 atom stereocenters. The summed E-state index contributed by atoms with van der Waals surface area (Å²) in [6, 6.07) is 12.4. The molecule has 1 fully saturated rings. The summed E-state index contributed by atoms with van der Waals surface area (Å²) in [4.78, 5) is 28.9. The first kappa shape index (κ1) is 28.4. The molecule has 11 heteroatoms. The third-order valence-corrected chi connectivity index (χ3v) is 7.99. The molecular weight excluding hydrogens is 542 g/mol. The molecule has 0 aromatic heterocycles. The van der Waals surface area contributed by atoms with Crippen LogP contribution in [0.3, 0.4) is 0 Å². The van der Waals surface area contributed by atoms with Crippen LogP contribution in [0.25, 0.3) is 0 Å². The lowest BCUT2D eigenvalue weighted by Gasteiger charge is -2.38. The molecule has 2 aliphatic rings. The van der Waals surface area contributed by atoms with Gasteiger partial charge in [0.1, 0.15) is 5.82 Å². The van der Waals surface area contributed by atoms with Crippen LogP contribution in [-0.4, -0.2) is 55.0 Å². The van der Waals surface area contributed by atoms with Crippen molar-refractivity contribution in [3.63, 3.8) is 0 Å². The first-order valence-corrected chi connectivity index (χ1v) is 13.2. The fraction of sp³-hybridized carbons (Fsp3) is 0.357. The van der Waals surface area contributed by atoms with Gasteiger partial charge in [0.25, 0.3) is 5.91 Å². The summed E-state index contributed by atoms with van der Waals surface area (Å²) < 4.78 is 13.6. The normalized spacial score (nSPS) is 18.9. The van der Waals surface area contributed by atoms with E-state index in [1.807, 2.05) is 6.07 Å². The van der Waals surface area contributed by atoms with Gasteiger partial charge in [-0.15, -0.1) is 0 Å². The number of likely N-dealkylation sites (tertiary alicyclic amines) is 1. The van der Waals surface area contributed by atoms with E-state index >= 15 is 0 Å². The van der Waals surface area contributed by atoms with Gasteiger partial charge < -0.3 is 20.4 Å². The zero-order valence-electron chi connectivity index (χ0n) is 21.3. The van der Waals surface area contributed by atoms with Crippen LogP contribution < -0.4 is 10.6 Å². The van der Waals surface area contributed by atoms with Gasteiger partial charge in [0.15, 0.2) is 0 Å². The van der Waals surface area contributed by atoms with Gasteiger partial charge in [-0.1, -0.05) is 35.3 Å². The van der Waals surface area contributed by atoms with E-state index in [1.54, 1.807) is 31.3 Å². The van der Waals surface area contributed by atoms with E-state index < -0.39 is 17.3 Å². The van der Waals surface area contributed by atoms with Crippen molar-refractivity contribution in [2.24, 2.45) is 0 Å². The SMILES string of the molecule is CN1C=C(C(=O)NCCCN2CCC(C#N)(c3ccc(F)cc3C#N)CC2)[C@@H](c2ccc(Cl)c(Cl)c2)NC1=O. The molecule has 2 N–H and O–H groups in total. The average molecular weight is 569 g/mol. The van der Waals surface area contributed by atoms with Gasteiger partial charge in [-0.2, -0.15) is 10.5 Å². The van der Waals surface area contributed by atoms with Crippen LogP contribution in [0, 0.1) is 28.5 Å². The Morgan fingerprint density at radius 2 is 1.92 bits per heavy atom. The summed E-state index contributed by atoms with van der Waals surface area (Å²) in [5.74, 6) is -0.801. The van der Waals surface area contributed by atoms with Crippen LogP contribution in [0.1, 0.15) is 42.0 Å². The topological polar surface area (TPSA) is 112 Å². The second kappa shape index (κ2) is 12.0. The minimum Gasteiger partial charge on any atom is -0.352 e. The van der Waals surface area contributed by atoms with Crippen molar-refractivity contribution in [3.8, 4) is 12.1 Å². The van der Waals surface area contributed by atoms with Gasteiger partial charge in [-0.25, -0.2) is 9.18 Å². The number of piperidine rings is 1. The molecule has 0 saturated carbocycles. The number of hydrogen-bond donors (Lipinski definition) is 2. The highest BCUT2D eigenvalue weighted by Crippen LogP contribution is 2.37. The standard InChI is InChI=1S/C28H27Cl2FN6O2/c1-36-16-21(25(35-27(36)39)18-3-6-23(29)24(30)14-18)26(38)34-9-2-10-37-11-7-28(17-33,8-12-37)22-5-4-20(31)13-19(22)15-32/h3-6,13-14,16,25H,2,7-12H2,1H3,(H,34,38)(H,35,39)/t25-/m1/s1. The smallest absolute Gasteiger partial charge is 0.321 e. The second-order valence-corrected chi connectivity index (χ2v) is 10.5. The molecule has 8 nitrogen and oxygen atoms in total. The highest BCUT2D eigenvalue weighted by Gasteiger charge is 2.38. The molecule has 0 radical (unpaired) electrons. The quantitative estimate of drug-likeness (QED) is 0.472. The largest absolute Gasteiger partial charge is 0.352 e. The van der Waals surface area contributed by atoms with Crippen LogP contribution in [0.15, 0.2) is 48.2 Å². The number of amides is 3. The number of nitrogens with one attached hydrogen (secondary N) is 2. The fourth-order valence-corrected chi connectivity index (χ4v) is 5.33. The Morgan fingerprint density at radius 1 is 1.18 bits per heavy atom. The number of carbonyl (C=O) groups excluding carboxylic acids is 2. The molecule has 2 aliphatic heterocycles. The third kappa shape index (κ3) is 6.17. The molecule has 0 unspecified atom stereocenters. The molecule has 1 saturated heterocycles. The number of rotatable bonds is 7. The Bertz CT molecular complexity index is 1390. The van der Waals surface area contributed by atoms with Crippen LogP contribution in [0.2, 0.25) is 10.0 Å². The van der Waals surface area contributed by atoms with E-state index in [0.29, 0.717) is 72.2 Å². The van der Waals surface area contributed by atoms with Crippen molar-refractivity contribution in [1.29, 1.82) is 10.5 Å².